The minimum absolute atomic E-state index is 0.195. The van der Waals surface area contributed by atoms with Crippen LogP contribution in [0, 0.1) is 11.8 Å². The first-order valence-electron chi connectivity index (χ1n) is 13.8. The molecule has 2 atom stereocenters. The summed E-state index contributed by atoms with van der Waals surface area (Å²) in [5, 5.41) is 15.1. The van der Waals surface area contributed by atoms with Crippen LogP contribution in [0.2, 0.25) is 0 Å². The molecule has 54 heavy (non-hydrogen) atoms. The number of hydrogen-bond donors (Lipinski definition) is 8. The third-order valence-corrected chi connectivity index (χ3v) is 9.87. The molecule has 336 valence electrons. The fraction of sp³-hybridized carbons (Fsp3) is 1.00. The second-order valence-corrected chi connectivity index (χ2v) is 16.9. The number of unbranched alkanes of at least 4 members (excludes halogenated alkanes) is 2. The van der Waals surface area contributed by atoms with Gasteiger partial charge in [-0.2, -0.15) is 77.6 Å². The summed E-state index contributed by atoms with van der Waals surface area (Å²) in [4.78, 5) is 0. The maximum absolute atomic E-state index is 12.2. The van der Waals surface area contributed by atoms with E-state index in [1.165, 1.54) is 0 Å². The number of aliphatic hydroxyl groups excluding tert-OH is 4. The number of halogens is 12. The molecule has 0 saturated heterocycles. The van der Waals surface area contributed by atoms with Crippen LogP contribution in [0.4, 0.5) is 52.7 Å². The predicted molar refractivity (Wildman–Crippen MR) is 164 cm³/mol. The van der Waals surface area contributed by atoms with Crippen molar-refractivity contribution in [3.05, 3.63) is 0 Å². The van der Waals surface area contributed by atoms with Gasteiger partial charge in [-0.25, -0.2) is 8.78 Å². The minimum Gasteiger partial charge on any atom is -0.396 e. The average Bonchev–Trinajstić information content (AvgIpc) is 2.93. The van der Waals surface area contributed by atoms with Crippen LogP contribution < -0.4 is 0 Å². The van der Waals surface area contributed by atoms with Crippen LogP contribution in [-0.4, -0.2) is 132 Å². The van der Waals surface area contributed by atoms with Gasteiger partial charge in [0.1, 0.15) is 0 Å². The van der Waals surface area contributed by atoms with Gasteiger partial charge in [-0.3, -0.25) is 18.2 Å². The van der Waals surface area contributed by atoms with Gasteiger partial charge in [0.2, 0.25) is 0 Å². The van der Waals surface area contributed by atoms with E-state index in [2.05, 4.69) is 0 Å². The molecule has 0 aromatic carbocycles. The van der Waals surface area contributed by atoms with E-state index in [0.29, 0.717) is 0 Å². The van der Waals surface area contributed by atoms with E-state index in [-0.39, 0.29) is 40.3 Å². The Balaban J connectivity index is -0.000000130. The smallest absolute Gasteiger partial charge is 0.396 e. The second kappa shape index (κ2) is 25.1. The Kier molecular flexibility index (Phi) is 30.0. The Morgan fingerprint density at radius 2 is 0.537 bits per heavy atom. The highest BCUT2D eigenvalue weighted by molar-refractivity contribution is 7.87. The molecule has 0 aliphatic carbocycles. The van der Waals surface area contributed by atoms with Crippen molar-refractivity contribution in [3.63, 3.8) is 0 Å². The fourth-order valence-electron chi connectivity index (χ4n) is 1.34. The molecule has 0 saturated carbocycles. The Morgan fingerprint density at radius 3 is 0.556 bits per heavy atom. The number of alkyl halides is 12. The van der Waals surface area contributed by atoms with Gasteiger partial charge in [-0.15, -0.1) is 0 Å². The molecule has 2 unspecified atom stereocenters. The normalized spacial score (nSPS) is 15.2. The monoisotopic (exact) mass is 920 g/mol. The fourth-order valence-corrected chi connectivity index (χ4v) is 3.11. The molecule has 32 heteroatoms. The molecule has 0 aliphatic heterocycles. The molecule has 0 radical (unpaired) electrons. The molecular weight excluding hydrogens is 876 g/mol. The van der Waals surface area contributed by atoms with Crippen LogP contribution >= 0.6 is 0 Å². The first kappa shape index (κ1) is 64.5. The topological polar surface area (TPSA) is 298 Å². The zero-order chi connectivity index (χ0) is 45.8. The van der Waals surface area contributed by atoms with Crippen molar-refractivity contribution in [2.24, 2.45) is 11.8 Å². The SMILES string of the molecule is CC(C)C(F)(F)S(=O)(=O)O.CC(C)C(F)(F)S(=O)(=O)O.CC(F)(C(F)(F)F)S(=O)(=O)O.CC(F)(C(F)(F)F)S(=O)(=O)O.OCCCCO.OCCCCO. The van der Waals surface area contributed by atoms with Crippen molar-refractivity contribution in [2.75, 3.05) is 26.4 Å². The first-order valence-corrected chi connectivity index (χ1v) is 19.6. The van der Waals surface area contributed by atoms with E-state index < -0.39 is 85.2 Å². The molecule has 0 fully saturated rings. The number of rotatable bonds is 12. The van der Waals surface area contributed by atoms with Gasteiger partial charge < -0.3 is 20.4 Å². The summed E-state index contributed by atoms with van der Waals surface area (Å²) in [6.45, 7) is 4.26. The lowest BCUT2D eigenvalue weighted by atomic mass is 10.2. The summed E-state index contributed by atoms with van der Waals surface area (Å²) in [5.74, 6) is -2.83. The van der Waals surface area contributed by atoms with Crippen molar-refractivity contribution in [3.8, 4) is 0 Å². The molecule has 0 aromatic rings. The maximum Gasteiger partial charge on any atom is 0.439 e. The largest absolute Gasteiger partial charge is 0.439 e. The molecular formula is C22H44F12O16S4. The number of hydrogen-bond acceptors (Lipinski definition) is 12. The van der Waals surface area contributed by atoms with Crippen LogP contribution in [0.15, 0.2) is 0 Å². The zero-order valence-electron chi connectivity index (χ0n) is 28.8. The minimum atomic E-state index is -5.75. The van der Waals surface area contributed by atoms with Gasteiger partial charge in [0.25, 0.3) is 0 Å². The highest BCUT2D eigenvalue weighted by Gasteiger charge is 2.62. The molecule has 0 aromatic heterocycles. The molecule has 0 spiro atoms. The van der Waals surface area contributed by atoms with Crippen molar-refractivity contribution in [1.82, 2.24) is 0 Å². The van der Waals surface area contributed by atoms with Crippen molar-refractivity contribution in [1.29, 1.82) is 0 Å². The molecule has 16 nitrogen and oxygen atoms in total. The van der Waals surface area contributed by atoms with Gasteiger partial charge in [-0.1, -0.05) is 27.7 Å². The number of aliphatic hydroxyl groups is 4. The van der Waals surface area contributed by atoms with E-state index in [9.17, 15) is 86.4 Å². The second-order valence-electron chi connectivity index (χ2n) is 10.5. The van der Waals surface area contributed by atoms with E-state index in [1.807, 2.05) is 0 Å². The van der Waals surface area contributed by atoms with E-state index in [1.54, 1.807) is 0 Å². The van der Waals surface area contributed by atoms with E-state index in [0.717, 1.165) is 53.4 Å². The Morgan fingerprint density at radius 1 is 0.389 bits per heavy atom. The van der Waals surface area contributed by atoms with Gasteiger partial charge in [0, 0.05) is 38.3 Å². The lowest BCUT2D eigenvalue weighted by Crippen LogP contribution is -2.44. The van der Waals surface area contributed by atoms with Gasteiger partial charge in [-0.05, 0) is 39.5 Å². The summed E-state index contributed by atoms with van der Waals surface area (Å²) in [5.41, 5.74) is 0. The predicted octanol–water partition coefficient (Wildman–Crippen LogP) is 3.99. The summed E-state index contributed by atoms with van der Waals surface area (Å²) < 4.78 is 252. The summed E-state index contributed by atoms with van der Waals surface area (Å²) >= 11 is 0. The highest BCUT2D eigenvalue weighted by atomic mass is 32.2. The van der Waals surface area contributed by atoms with Crippen LogP contribution in [0.1, 0.15) is 67.2 Å². The lowest BCUT2D eigenvalue weighted by molar-refractivity contribution is -0.194. The van der Waals surface area contributed by atoms with Crippen LogP contribution in [0.5, 0.6) is 0 Å². The molecule has 0 aliphatic rings. The molecule has 8 N–H and O–H groups in total. The van der Waals surface area contributed by atoms with Crippen molar-refractivity contribution in [2.45, 2.75) is 100 Å². The molecule has 0 amide bonds. The average molecular weight is 921 g/mol. The molecule has 0 rings (SSSR count). The summed E-state index contributed by atoms with van der Waals surface area (Å²) in [6, 6.07) is 0. The third kappa shape index (κ3) is 25.0. The summed E-state index contributed by atoms with van der Waals surface area (Å²) in [6.07, 6.45) is -8.37. The Labute approximate surface area is 303 Å². The van der Waals surface area contributed by atoms with Gasteiger partial charge in [0.05, 0.1) is 0 Å². The maximum atomic E-state index is 12.2. The molecule has 0 heterocycles. The van der Waals surface area contributed by atoms with Crippen LogP contribution in [0.3, 0.4) is 0 Å². The first-order chi connectivity index (χ1) is 23.2. The molecule has 0 bridgehead atoms. The van der Waals surface area contributed by atoms with E-state index >= 15 is 0 Å². The van der Waals surface area contributed by atoms with Crippen LogP contribution in [-0.2, 0) is 40.5 Å². The standard InChI is InChI=1S/2C4H8F2O3S.2C4H10O2.2C3H4F4O3S/c2*1-3(2)4(5,6)10(7,8)9;2*5-3-1-2-4-6;2*1-2(4,3(5,6)7)11(8,9)10/h2*3H,1-2H3,(H,7,8,9);2*5-6H,1-4H2;2*1H3,(H,8,9,10). The van der Waals surface area contributed by atoms with Crippen molar-refractivity contribution >= 4 is 40.5 Å². The summed E-state index contributed by atoms with van der Waals surface area (Å²) in [7, 11) is -22.0. The zero-order valence-corrected chi connectivity index (χ0v) is 32.1. The van der Waals surface area contributed by atoms with Crippen LogP contribution in [0.25, 0.3) is 0 Å². The Hall–Kier alpha value is -1.36. The Bertz CT molecular complexity index is 1330. The highest BCUT2D eigenvalue weighted by Crippen LogP contribution is 2.38. The quantitative estimate of drug-likeness (QED) is 0.0780. The van der Waals surface area contributed by atoms with Gasteiger partial charge >= 0.3 is 73.3 Å². The van der Waals surface area contributed by atoms with Crippen molar-refractivity contribution < 1.29 is 125 Å². The lowest BCUT2D eigenvalue weighted by Gasteiger charge is -2.19. The van der Waals surface area contributed by atoms with Gasteiger partial charge in [0.15, 0.2) is 0 Å². The third-order valence-electron chi connectivity index (χ3n) is 5.15. The van der Waals surface area contributed by atoms with E-state index in [4.69, 9.17) is 38.6 Å².